The summed E-state index contributed by atoms with van der Waals surface area (Å²) < 4.78 is 28.9. The van der Waals surface area contributed by atoms with E-state index in [9.17, 15) is 13.6 Å². The van der Waals surface area contributed by atoms with Crippen LogP contribution < -0.4 is 5.32 Å². The van der Waals surface area contributed by atoms with Gasteiger partial charge in [0.05, 0.1) is 17.5 Å². The molecular formula is C19H18F2N4OS. The Morgan fingerprint density at radius 2 is 1.93 bits per heavy atom. The first-order valence-corrected chi connectivity index (χ1v) is 9.18. The van der Waals surface area contributed by atoms with Gasteiger partial charge in [0, 0.05) is 6.07 Å². The van der Waals surface area contributed by atoms with E-state index in [2.05, 4.69) is 15.5 Å². The van der Waals surface area contributed by atoms with Crippen molar-refractivity contribution in [3.8, 4) is 0 Å². The number of amides is 1. The number of thioether (sulfide) groups is 1. The lowest BCUT2D eigenvalue weighted by atomic mass is 10.2. The molecule has 140 valence electrons. The molecule has 0 saturated heterocycles. The third kappa shape index (κ3) is 4.71. The molecule has 0 aliphatic heterocycles. The molecule has 8 heteroatoms. The Labute approximate surface area is 159 Å². The van der Waals surface area contributed by atoms with Gasteiger partial charge in [-0.2, -0.15) is 0 Å². The van der Waals surface area contributed by atoms with Crippen LogP contribution in [0.25, 0.3) is 0 Å². The monoisotopic (exact) mass is 388 g/mol. The Kier molecular flexibility index (Phi) is 5.85. The van der Waals surface area contributed by atoms with Crippen LogP contribution in [0.3, 0.4) is 0 Å². The van der Waals surface area contributed by atoms with Crippen molar-refractivity contribution >= 4 is 23.4 Å². The molecule has 5 nitrogen and oxygen atoms in total. The number of halogens is 2. The van der Waals surface area contributed by atoms with E-state index in [-0.39, 0.29) is 5.69 Å². The lowest BCUT2D eigenvalue weighted by Crippen LogP contribution is -2.23. The van der Waals surface area contributed by atoms with Crippen LogP contribution in [0.1, 0.15) is 18.3 Å². The molecule has 2 aromatic carbocycles. The van der Waals surface area contributed by atoms with Gasteiger partial charge in [0.15, 0.2) is 5.16 Å². The van der Waals surface area contributed by atoms with E-state index in [4.69, 9.17) is 0 Å². The lowest BCUT2D eigenvalue weighted by molar-refractivity contribution is -0.115. The van der Waals surface area contributed by atoms with Gasteiger partial charge in [-0.15, -0.1) is 10.2 Å². The second kappa shape index (κ2) is 8.30. The summed E-state index contributed by atoms with van der Waals surface area (Å²) in [5.41, 5.74) is 0.899. The molecule has 1 aromatic heterocycles. The smallest absolute Gasteiger partial charge is 0.237 e. The molecule has 27 heavy (non-hydrogen) atoms. The SMILES string of the molecule is Cc1nnc(SC(C)C(=O)Nc2cc(F)ccc2F)n1Cc1ccccc1. The van der Waals surface area contributed by atoms with Crippen molar-refractivity contribution < 1.29 is 13.6 Å². The number of rotatable bonds is 6. The molecule has 0 fully saturated rings. The summed E-state index contributed by atoms with van der Waals surface area (Å²) in [6.07, 6.45) is 0. The van der Waals surface area contributed by atoms with Gasteiger partial charge in [-0.1, -0.05) is 42.1 Å². The maximum absolute atomic E-state index is 13.7. The zero-order valence-electron chi connectivity index (χ0n) is 14.8. The Morgan fingerprint density at radius 3 is 2.67 bits per heavy atom. The van der Waals surface area contributed by atoms with E-state index >= 15 is 0 Å². The average molecular weight is 388 g/mol. The van der Waals surface area contributed by atoms with Crippen molar-refractivity contribution in [2.75, 3.05) is 5.32 Å². The van der Waals surface area contributed by atoms with Crippen molar-refractivity contribution in [1.82, 2.24) is 14.8 Å². The summed E-state index contributed by atoms with van der Waals surface area (Å²) in [7, 11) is 0. The van der Waals surface area contributed by atoms with E-state index < -0.39 is 22.8 Å². The van der Waals surface area contributed by atoms with Crippen LogP contribution >= 0.6 is 11.8 Å². The predicted molar refractivity (Wildman–Crippen MR) is 101 cm³/mol. The molecule has 1 N–H and O–H groups in total. The Morgan fingerprint density at radius 1 is 1.19 bits per heavy atom. The number of carbonyl (C=O) groups is 1. The number of nitrogens with zero attached hydrogens (tertiary/aromatic N) is 3. The number of hydrogen-bond donors (Lipinski definition) is 1. The largest absolute Gasteiger partial charge is 0.323 e. The van der Waals surface area contributed by atoms with Gasteiger partial charge in [0.25, 0.3) is 0 Å². The first-order valence-electron chi connectivity index (χ1n) is 8.30. The van der Waals surface area contributed by atoms with Crippen LogP contribution in [-0.2, 0) is 11.3 Å². The molecule has 1 amide bonds. The molecular weight excluding hydrogens is 370 g/mol. The van der Waals surface area contributed by atoms with Crippen molar-refractivity contribution in [3.05, 3.63) is 71.6 Å². The summed E-state index contributed by atoms with van der Waals surface area (Å²) in [6, 6.07) is 12.8. The van der Waals surface area contributed by atoms with Gasteiger partial charge in [0.1, 0.15) is 17.5 Å². The van der Waals surface area contributed by atoms with E-state index in [0.29, 0.717) is 11.7 Å². The molecule has 0 saturated carbocycles. The number of anilines is 1. The number of nitrogens with one attached hydrogen (secondary N) is 1. The van der Waals surface area contributed by atoms with Crippen LogP contribution in [0.5, 0.6) is 0 Å². The number of hydrogen-bond acceptors (Lipinski definition) is 4. The highest BCUT2D eigenvalue weighted by molar-refractivity contribution is 8.00. The topological polar surface area (TPSA) is 59.8 Å². The highest BCUT2D eigenvalue weighted by Gasteiger charge is 2.20. The number of benzene rings is 2. The van der Waals surface area contributed by atoms with E-state index in [0.717, 1.165) is 29.6 Å². The summed E-state index contributed by atoms with van der Waals surface area (Å²) in [5.74, 6) is -1.03. The fraction of sp³-hybridized carbons (Fsp3) is 0.211. The van der Waals surface area contributed by atoms with Gasteiger partial charge in [0.2, 0.25) is 5.91 Å². The van der Waals surface area contributed by atoms with Crippen LogP contribution in [0.4, 0.5) is 14.5 Å². The number of aryl methyl sites for hydroxylation is 1. The summed E-state index contributed by atoms with van der Waals surface area (Å²) in [6.45, 7) is 4.09. The minimum absolute atomic E-state index is 0.186. The fourth-order valence-corrected chi connectivity index (χ4v) is 3.33. The molecule has 0 bridgehead atoms. The van der Waals surface area contributed by atoms with Gasteiger partial charge >= 0.3 is 0 Å². The van der Waals surface area contributed by atoms with E-state index in [1.165, 1.54) is 11.8 Å². The standard InChI is InChI=1S/C19H18F2N4OS/c1-12(18(26)22-17-10-15(20)8-9-16(17)21)27-19-24-23-13(2)25(19)11-14-6-4-3-5-7-14/h3-10,12H,11H2,1-2H3,(H,22,26). The summed E-state index contributed by atoms with van der Waals surface area (Å²) in [5, 5.41) is 10.6. The molecule has 0 radical (unpaired) electrons. The molecule has 3 rings (SSSR count). The predicted octanol–water partition coefficient (Wildman–Crippen LogP) is 4.03. The van der Waals surface area contributed by atoms with E-state index in [1.807, 2.05) is 41.8 Å². The minimum Gasteiger partial charge on any atom is -0.323 e. The molecule has 3 aromatic rings. The zero-order chi connectivity index (χ0) is 19.4. The fourth-order valence-electron chi connectivity index (χ4n) is 2.44. The molecule has 0 aliphatic rings. The third-order valence-corrected chi connectivity index (χ3v) is 5.00. The zero-order valence-corrected chi connectivity index (χ0v) is 15.6. The molecule has 1 heterocycles. The van der Waals surface area contributed by atoms with Crippen LogP contribution in [-0.4, -0.2) is 25.9 Å². The highest BCUT2D eigenvalue weighted by atomic mass is 32.2. The number of carbonyl (C=O) groups excluding carboxylic acids is 1. The van der Waals surface area contributed by atoms with Crippen molar-refractivity contribution in [2.24, 2.45) is 0 Å². The quantitative estimate of drug-likeness (QED) is 0.648. The van der Waals surface area contributed by atoms with Crippen LogP contribution in [0.15, 0.2) is 53.7 Å². The Bertz CT molecular complexity index is 946. The van der Waals surface area contributed by atoms with Crippen LogP contribution in [0.2, 0.25) is 0 Å². The van der Waals surface area contributed by atoms with Gasteiger partial charge in [-0.3, -0.25) is 4.79 Å². The maximum atomic E-state index is 13.7. The Balaban J connectivity index is 1.71. The van der Waals surface area contributed by atoms with Gasteiger partial charge in [-0.25, -0.2) is 8.78 Å². The van der Waals surface area contributed by atoms with Crippen molar-refractivity contribution in [2.45, 2.75) is 30.8 Å². The third-order valence-electron chi connectivity index (χ3n) is 3.92. The molecule has 1 atom stereocenters. The first-order chi connectivity index (χ1) is 12.9. The molecule has 1 unspecified atom stereocenters. The van der Waals surface area contributed by atoms with Gasteiger partial charge in [-0.05, 0) is 31.5 Å². The minimum atomic E-state index is -0.690. The first kappa shape index (κ1) is 19.0. The second-order valence-electron chi connectivity index (χ2n) is 5.98. The maximum Gasteiger partial charge on any atom is 0.237 e. The van der Waals surface area contributed by atoms with Crippen LogP contribution in [0, 0.1) is 18.6 Å². The van der Waals surface area contributed by atoms with Crippen molar-refractivity contribution in [1.29, 1.82) is 0 Å². The Hall–Kier alpha value is -2.74. The lowest BCUT2D eigenvalue weighted by Gasteiger charge is -2.13. The molecule has 0 aliphatic carbocycles. The summed E-state index contributed by atoms with van der Waals surface area (Å²) >= 11 is 1.21. The van der Waals surface area contributed by atoms with E-state index in [1.54, 1.807) is 6.92 Å². The number of aromatic nitrogens is 3. The van der Waals surface area contributed by atoms with Crippen molar-refractivity contribution in [3.63, 3.8) is 0 Å². The normalized spacial score (nSPS) is 12.0. The second-order valence-corrected chi connectivity index (χ2v) is 7.28. The highest BCUT2D eigenvalue weighted by Crippen LogP contribution is 2.25. The van der Waals surface area contributed by atoms with Gasteiger partial charge < -0.3 is 9.88 Å². The summed E-state index contributed by atoms with van der Waals surface area (Å²) in [4.78, 5) is 12.4. The molecule has 0 spiro atoms. The average Bonchev–Trinajstić information content (AvgIpc) is 2.99.